The summed E-state index contributed by atoms with van der Waals surface area (Å²) >= 11 is 1.49. The first-order valence-electron chi connectivity index (χ1n) is 10.6. The molecule has 0 aliphatic carbocycles. The highest BCUT2D eigenvalue weighted by Gasteiger charge is 2.21. The number of hydrogen-bond donors (Lipinski definition) is 1. The highest BCUT2D eigenvalue weighted by atomic mass is 32.2. The third-order valence-electron chi connectivity index (χ3n) is 5.40. The van der Waals surface area contributed by atoms with Crippen molar-refractivity contribution >= 4 is 29.2 Å². The number of carboxylic acid groups (broad SMARTS) is 1. The van der Waals surface area contributed by atoms with Gasteiger partial charge in [0.2, 0.25) is 0 Å². The summed E-state index contributed by atoms with van der Waals surface area (Å²) in [6.45, 7) is 3.22. The molecule has 2 heterocycles. The number of para-hydroxylation sites is 1. The van der Waals surface area contributed by atoms with Crippen LogP contribution in [0, 0.1) is 5.82 Å². The summed E-state index contributed by atoms with van der Waals surface area (Å²) in [5.41, 5.74) is 2.68. The van der Waals surface area contributed by atoms with Crippen LogP contribution >= 0.6 is 11.8 Å². The highest BCUT2D eigenvalue weighted by Crippen LogP contribution is 2.26. The van der Waals surface area contributed by atoms with Gasteiger partial charge in [-0.2, -0.15) is 0 Å². The summed E-state index contributed by atoms with van der Waals surface area (Å²) < 4.78 is 19.4. The minimum absolute atomic E-state index is 0.203. The van der Waals surface area contributed by atoms with Crippen LogP contribution in [-0.2, 0) is 17.1 Å². The molecule has 7 nitrogen and oxygen atoms in total. The van der Waals surface area contributed by atoms with E-state index in [0.717, 1.165) is 30.2 Å². The molecule has 9 heteroatoms. The Morgan fingerprint density at radius 1 is 1.06 bits per heavy atom. The fourth-order valence-corrected chi connectivity index (χ4v) is 4.51. The lowest BCUT2D eigenvalue weighted by atomic mass is 10.1. The van der Waals surface area contributed by atoms with Crippen LogP contribution < -0.4 is 9.80 Å². The maximum atomic E-state index is 14.1. The number of aromatic carboxylic acids is 1. The predicted octanol–water partition coefficient (Wildman–Crippen LogP) is 4.08. The van der Waals surface area contributed by atoms with Gasteiger partial charge in [0.25, 0.3) is 0 Å². The second-order valence-electron chi connectivity index (χ2n) is 7.65. The standard InChI is InChI=1S/C24H25FN4O3S/c1-32-15-19-14-22(29-12-10-28(11-13-29)21-5-3-2-4-20(21)25)27-24(26-19)33-16-17-6-8-18(9-7-17)23(30)31/h2-9,14H,10-13,15-16H2,1H3,(H,30,31). The number of ether oxygens (including phenoxy) is 1. The van der Waals surface area contributed by atoms with Crippen molar-refractivity contribution in [3.63, 3.8) is 0 Å². The molecule has 0 unspecified atom stereocenters. The molecule has 172 valence electrons. The number of piperazine rings is 1. The highest BCUT2D eigenvalue weighted by molar-refractivity contribution is 7.98. The van der Waals surface area contributed by atoms with Gasteiger partial charge in [-0.25, -0.2) is 19.2 Å². The number of nitrogens with zero attached hydrogens (tertiary/aromatic N) is 4. The van der Waals surface area contributed by atoms with Gasteiger partial charge in [0.05, 0.1) is 23.6 Å². The van der Waals surface area contributed by atoms with E-state index in [2.05, 4.69) is 14.8 Å². The molecule has 1 fully saturated rings. The van der Waals surface area contributed by atoms with E-state index in [1.54, 1.807) is 37.4 Å². The van der Waals surface area contributed by atoms with Gasteiger partial charge in [0.1, 0.15) is 11.6 Å². The van der Waals surface area contributed by atoms with Crippen LogP contribution in [0.4, 0.5) is 15.9 Å². The van der Waals surface area contributed by atoms with Crippen molar-refractivity contribution in [2.45, 2.75) is 17.5 Å². The maximum absolute atomic E-state index is 14.1. The van der Waals surface area contributed by atoms with E-state index in [4.69, 9.17) is 14.8 Å². The molecule has 33 heavy (non-hydrogen) atoms. The Morgan fingerprint density at radius 3 is 2.42 bits per heavy atom. The lowest BCUT2D eigenvalue weighted by Crippen LogP contribution is -2.47. The van der Waals surface area contributed by atoms with Gasteiger partial charge in [-0.15, -0.1) is 0 Å². The van der Waals surface area contributed by atoms with Crippen LogP contribution in [0.5, 0.6) is 0 Å². The normalized spacial score (nSPS) is 13.9. The molecule has 0 atom stereocenters. The third-order valence-corrected chi connectivity index (χ3v) is 6.32. The average molecular weight is 469 g/mol. The van der Waals surface area contributed by atoms with E-state index in [-0.39, 0.29) is 11.4 Å². The van der Waals surface area contributed by atoms with Crippen molar-refractivity contribution < 1.29 is 19.0 Å². The van der Waals surface area contributed by atoms with Gasteiger partial charge in [0, 0.05) is 45.1 Å². The Hall–Kier alpha value is -3.17. The van der Waals surface area contributed by atoms with Crippen LogP contribution in [0.15, 0.2) is 59.8 Å². The monoisotopic (exact) mass is 468 g/mol. The lowest BCUT2D eigenvalue weighted by molar-refractivity contribution is 0.0697. The second-order valence-corrected chi connectivity index (χ2v) is 8.59. The number of benzene rings is 2. The van der Waals surface area contributed by atoms with Crippen LogP contribution in [-0.4, -0.2) is 54.3 Å². The Balaban J connectivity index is 1.45. The number of carboxylic acids is 1. The quantitative estimate of drug-likeness (QED) is 0.391. The van der Waals surface area contributed by atoms with Gasteiger partial charge in [-0.05, 0) is 29.8 Å². The van der Waals surface area contributed by atoms with Crippen LogP contribution in [0.2, 0.25) is 0 Å². The fourth-order valence-electron chi connectivity index (χ4n) is 3.68. The van der Waals surface area contributed by atoms with Gasteiger partial charge in [0.15, 0.2) is 5.16 Å². The smallest absolute Gasteiger partial charge is 0.335 e. The Kier molecular flexibility index (Phi) is 7.41. The number of thioether (sulfide) groups is 1. The number of carbonyl (C=O) groups is 1. The fraction of sp³-hybridized carbons (Fsp3) is 0.292. The van der Waals surface area contributed by atoms with Crippen molar-refractivity contribution in [3.8, 4) is 0 Å². The van der Waals surface area contributed by atoms with E-state index >= 15 is 0 Å². The molecule has 1 aliphatic heterocycles. The zero-order valence-corrected chi connectivity index (χ0v) is 19.1. The van der Waals surface area contributed by atoms with Crippen molar-refractivity contribution in [1.82, 2.24) is 9.97 Å². The van der Waals surface area contributed by atoms with Gasteiger partial charge >= 0.3 is 5.97 Å². The van der Waals surface area contributed by atoms with Crippen molar-refractivity contribution in [2.24, 2.45) is 0 Å². The zero-order valence-electron chi connectivity index (χ0n) is 18.3. The summed E-state index contributed by atoms with van der Waals surface area (Å²) in [5.74, 6) is 0.306. The van der Waals surface area contributed by atoms with Crippen molar-refractivity contribution in [2.75, 3.05) is 43.1 Å². The first-order chi connectivity index (χ1) is 16.0. The lowest BCUT2D eigenvalue weighted by Gasteiger charge is -2.37. The summed E-state index contributed by atoms with van der Waals surface area (Å²) in [7, 11) is 1.63. The Morgan fingerprint density at radius 2 is 1.76 bits per heavy atom. The molecule has 1 N–H and O–H groups in total. The second kappa shape index (κ2) is 10.6. The first-order valence-corrected chi connectivity index (χ1v) is 11.6. The maximum Gasteiger partial charge on any atom is 0.335 e. The molecule has 0 saturated carbocycles. The summed E-state index contributed by atoms with van der Waals surface area (Å²) in [4.78, 5) is 24.6. The summed E-state index contributed by atoms with van der Waals surface area (Å²) in [5, 5.41) is 9.69. The number of anilines is 2. The molecular weight excluding hydrogens is 443 g/mol. The van der Waals surface area contributed by atoms with E-state index in [9.17, 15) is 9.18 Å². The summed E-state index contributed by atoms with van der Waals surface area (Å²) in [6.07, 6.45) is 0. The van der Waals surface area contributed by atoms with E-state index in [1.165, 1.54) is 17.8 Å². The molecule has 0 bridgehead atoms. The number of rotatable bonds is 8. The van der Waals surface area contributed by atoms with Crippen molar-refractivity contribution in [3.05, 3.63) is 77.2 Å². The Bertz CT molecular complexity index is 1110. The molecule has 0 amide bonds. The first kappa shape index (κ1) is 23.0. The van der Waals surface area contributed by atoms with Crippen LogP contribution in [0.25, 0.3) is 0 Å². The molecule has 2 aromatic carbocycles. The van der Waals surface area contributed by atoms with E-state index in [1.807, 2.05) is 18.2 Å². The molecule has 1 aromatic heterocycles. The SMILES string of the molecule is COCc1cc(N2CCN(c3ccccc3F)CC2)nc(SCc2ccc(C(=O)O)cc2)n1. The molecule has 1 saturated heterocycles. The molecule has 0 spiro atoms. The average Bonchev–Trinajstić information content (AvgIpc) is 2.83. The topological polar surface area (TPSA) is 78.8 Å². The van der Waals surface area contributed by atoms with E-state index < -0.39 is 5.97 Å². The Labute approximate surface area is 196 Å². The molecule has 3 aromatic rings. The van der Waals surface area contributed by atoms with E-state index in [0.29, 0.717) is 36.3 Å². The molecule has 4 rings (SSSR count). The van der Waals surface area contributed by atoms with Crippen LogP contribution in [0.1, 0.15) is 21.6 Å². The summed E-state index contributed by atoms with van der Waals surface area (Å²) in [6, 6.07) is 15.6. The number of halogens is 1. The van der Waals surface area contributed by atoms with Gasteiger partial charge in [-0.1, -0.05) is 36.0 Å². The minimum Gasteiger partial charge on any atom is -0.478 e. The molecular formula is C24H25FN4O3S. The largest absolute Gasteiger partial charge is 0.478 e. The zero-order chi connectivity index (χ0) is 23.2. The third kappa shape index (κ3) is 5.80. The molecule has 1 aliphatic rings. The predicted molar refractivity (Wildman–Crippen MR) is 127 cm³/mol. The number of methoxy groups -OCH3 is 1. The minimum atomic E-state index is -0.940. The number of hydrogen-bond acceptors (Lipinski definition) is 7. The van der Waals surface area contributed by atoms with Crippen LogP contribution in [0.3, 0.4) is 0 Å². The van der Waals surface area contributed by atoms with Gasteiger partial charge in [-0.3, -0.25) is 0 Å². The van der Waals surface area contributed by atoms with Gasteiger partial charge < -0.3 is 19.6 Å². The number of aromatic nitrogens is 2. The van der Waals surface area contributed by atoms with Crippen molar-refractivity contribution in [1.29, 1.82) is 0 Å². The molecule has 0 radical (unpaired) electrons.